The summed E-state index contributed by atoms with van der Waals surface area (Å²) < 4.78 is 12.3. The summed E-state index contributed by atoms with van der Waals surface area (Å²) in [5, 5.41) is 17.0. The van der Waals surface area contributed by atoms with E-state index in [1.807, 2.05) is 48.5 Å². The number of benzene rings is 8. The molecule has 4 heteroatoms. The fraction of sp³-hybridized carbons (Fsp3) is 0.0698. The van der Waals surface area contributed by atoms with Crippen molar-refractivity contribution >= 4 is 49.4 Å². The van der Waals surface area contributed by atoms with Gasteiger partial charge < -0.3 is 19.5 Å². The van der Waals surface area contributed by atoms with Crippen molar-refractivity contribution in [3.63, 3.8) is 0 Å². The molecule has 0 saturated heterocycles. The molecule has 0 bridgehead atoms. The van der Waals surface area contributed by atoms with Gasteiger partial charge in [-0.3, -0.25) is 0 Å². The number of hydrogen-bond acceptors (Lipinski definition) is 4. The summed E-state index contributed by atoms with van der Waals surface area (Å²) in [5.41, 5.74) is 6.21. The first kappa shape index (κ1) is 28.6. The highest BCUT2D eigenvalue weighted by Gasteiger charge is 2.18. The molecule has 0 amide bonds. The lowest BCUT2D eigenvalue weighted by atomic mass is 9.93. The fourth-order valence-corrected chi connectivity index (χ4v) is 6.50. The van der Waals surface area contributed by atoms with E-state index in [1.54, 1.807) is 0 Å². The van der Waals surface area contributed by atoms with E-state index in [-0.39, 0.29) is 6.61 Å². The maximum Gasteiger partial charge on any atom is 0.120 e. The fourth-order valence-electron chi connectivity index (χ4n) is 6.50. The second-order valence-corrected chi connectivity index (χ2v) is 11.8. The Kier molecular flexibility index (Phi) is 7.62. The largest absolute Gasteiger partial charge is 0.489 e. The number of anilines is 3. The van der Waals surface area contributed by atoms with Crippen LogP contribution < -0.4 is 14.4 Å². The third kappa shape index (κ3) is 5.71. The Morgan fingerprint density at radius 3 is 1.72 bits per heavy atom. The topological polar surface area (TPSA) is 41.9 Å². The van der Waals surface area contributed by atoms with Gasteiger partial charge >= 0.3 is 0 Å². The van der Waals surface area contributed by atoms with E-state index in [4.69, 9.17) is 9.47 Å². The number of para-hydroxylation sites is 1. The first-order valence-corrected chi connectivity index (χ1v) is 15.9. The lowest BCUT2D eigenvalue weighted by Gasteiger charge is -2.28. The third-order valence-corrected chi connectivity index (χ3v) is 8.72. The Bertz CT molecular complexity index is 2300. The SMILES string of the molecule is OCc1cccc(OCc2cccc(OCc3cccc(N(c4ccccc4)c4ccc5ccc6cccc7ccc4c5c67)c3)c2)c1. The zero-order chi connectivity index (χ0) is 31.6. The van der Waals surface area contributed by atoms with Crippen molar-refractivity contribution in [1.29, 1.82) is 0 Å². The second-order valence-electron chi connectivity index (χ2n) is 11.8. The first-order valence-electron chi connectivity index (χ1n) is 15.9. The van der Waals surface area contributed by atoms with Crippen LogP contribution in [-0.4, -0.2) is 5.11 Å². The van der Waals surface area contributed by atoms with Crippen LogP contribution in [0, 0.1) is 0 Å². The highest BCUT2D eigenvalue weighted by molar-refractivity contribution is 6.25. The standard InChI is InChI=1S/C43H33NO3/c45-27-30-8-5-16-38(25-30)47-29-32-10-6-17-39(26-32)46-28-31-9-4-15-37(24-31)44(36-13-2-1-3-14-36)41-23-21-35-19-18-33-11-7-12-34-20-22-40(41)43(35)42(33)34/h1-26,45H,27-29H2. The molecule has 0 saturated carbocycles. The monoisotopic (exact) mass is 611 g/mol. The molecular formula is C43H33NO3. The lowest BCUT2D eigenvalue weighted by molar-refractivity contribution is 0.277. The summed E-state index contributed by atoms with van der Waals surface area (Å²) in [6, 6.07) is 54.6. The van der Waals surface area contributed by atoms with Gasteiger partial charge in [0.2, 0.25) is 0 Å². The van der Waals surface area contributed by atoms with E-state index in [2.05, 4.69) is 114 Å². The summed E-state index contributed by atoms with van der Waals surface area (Å²) in [4.78, 5) is 2.35. The second kappa shape index (κ2) is 12.5. The zero-order valence-corrected chi connectivity index (χ0v) is 25.8. The molecule has 4 nitrogen and oxygen atoms in total. The molecule has 0 aromatic heterocycles. The minimum atomic E-state index is -0.0106. The number of aliphatic hydroxyl groups excluding tert-OH is 1. The molecule has 0 fully saturated rings. The van der Waals surface area contributed by atoms with Gasteiger partial charge in [0, 0.05) is 16.8 Å². The van der Waals surface area contributed by atoms with Crippen LogP contribution in [0.15, 0.2) is 158 Å². The van der Waals surface area contributed by atoms with Gasteiger partial charge in [-0.15, -0.1) is 0 Å². The molecular weight excluding hydrogens is 578 g/mol. The summed E-state index contributed by atoms with van der Waals surface area (Å²) in [5.74, 6) is 1.51. The zero-order valence-electron chi connectivity index (χ0n) is 25.8. The Labute approximate surface area is 274 Å². The quantitative estimate of drug-likeness (QED) is 0.156. The van der Waals surface area contributed by atoms with Gasteiger partial charge in [-0.1, -0.05) is 103 Å². The van der Waals surface area contributed by atoms with Gasteiger partial charge in [0.1, 0.15) is 24.7 Å². The smallest absolute Gasteiger partial charge is 0.120 e. The molecule has 8 rings (SSSR count). The normalized spacial score (nSPS) is 11.3. The molecule has 0 atom stereocenters. The van der Waals surface area contributed by atoms with E-state index in [9.17, 15) is 5.11 Å². The first-order chi connectivity index (χ1) is 23.2. The predicted molar refractivity (Wildman–Crippen MR) is 192 cm³/mol. The molecule has 8 aromatic carbocycles. The van der Waals surface area contributed by atoms with Crippen LogP contribution in [0.4, 0.5) is 17.1 Å². The van der Waals surface area contributed by atoms with E-state index in [0.29, 0.717) is 13.2 Å². The maximum atomic E-state index is 9.42. The average molecular weight is 612 g/mol. The Morgan fingerprint density at radius 1 is 0.447 bits per heavy atom. The van der Waals surface area contributed by atoms with Crippen LogP contribution in [0.1, 0.15) is 16.7 Å². The number of hydrogen-bond donors (Lipinski definition) is 1. The number of rotatable bonds is 10. The molecule has 0 unspecified atom stereocenters. The Morgan fingerprint density at radius 2 is 1.00 bits per heavy atom. The van der Waals surface area contributed by atoms with Gasteiger partial charge in [-0.05, 0) is 98.2 Å². The van der Waals surface area contributed by atoms with Crippen molar-refractivity contribution in [2.24, 2.45) is 0 Å². The number of aliphatic hydroxyl groups is 1. The summed E-state index contributed by atoms with van der Waals surface area (Å²) >= 11 is 0. The van der Waals surface area contributed by atoms with Crippen LogP contribution >= 0.6 is 0 Å². The summed E-state index contributed by atoms with van der Waals surface area (Å²) in [6.45, 7) is 0.827. The number of ether oxygens (including phenoxy) is 2. The molecule has 47 heavy (non-hydrogen) atoms. The molecule has 0 aliphatic carbocycles. The van der Waals surface area contributed by atoms with Crippen molar-refractivity contribution in [3.8, 4) is 11.5 Å². The third-order valence-electron chi connectivity index (χ3n) is 8.72. The van der Waals surface area contributed by atoms with Crippen molar-refractivity contribution < 1.29 is 14.6 Å². The van der Waals surface area contributed by atoms with Gasteiger partial charge in [-0.25, -0.2) is 0 Å². The minimum Gasteiger partial charge on any atom is -0.489 e. The highest BCUT2D eigenvalue weighted by atomic mass is 16.5. The van der Waals surface area contributed by atoms with Crippen LogP contribution in [0.5, 0.6) is 11.5 Å². The van der Waals surface area contributed by atoms with Crippen molar-refractivity contribution in [3.05, 3.63) is 174 Å². The van der Waals surface area contributed by atoms with E-state index in [1.165, 1.54) is 32.3 Å². The highest BCUT2D eigenvalue weighted by Crippen LogP contribution is 2.43. The average Bonchev–Trinajstić information content (AvgIpc) is 3.14. The van der Waals surface area contributed by atoms with Crippen molar-refractivity contribution in [2.45, 2.75) is 19.8 Å². The van der Waals surface area contributed by atoms with Crippen molar-refractivity contribution in [2.75, 3.05) is 4.90 Å². The van der Waals surface area contributed by atoms with Gasteiger partial charge in [0.15, 0.2) is 0 Å². The van der Waals surface area contributed by atoms with Gasteiger partial charge in [0.25, 0.3) is 0 Å². The Hall–Kier alpha value is -5.84. The van der Waals surface area contributed by atoms with Crippen LogP contribution in [-0.2, 0) is 19.8 Å². The van der Waals surface area contributed by atoms with Crippen molar-refractivity contribution in [1.82, 2.24) is 0 Å². The molecule has 1 N–H and O–H groups in total. The van der Waals surface area contributed by atoms with Crippen LogP contribution in [0.3, 0.4) is 0 Å². The lowest BCUT2D eigenvalue weighted by Crippen LogP contribution is -2.11. The van der Waals surface area contributed by atoms with Gasteiger partial charge in [-0.2, -0.15) is 0 Å². The van der Waals surface area contributed by atoms with E-state index in [0.717, 1.165) is 45.3 Å². The molecule has 0 radical (unpaired) electrons. The van der Waals surface area contributed by atoms with E-state index >= 15 is 0 Å². The maximum absolute atomic E-state index is 9.42. The molecule has 8 aromatic rings. The molecule has 0 aliphatic heterocycles. The van der Waals surface area contributed by atoms with Gasteiger partial charge in [0.05, 0.1) is 12.3 Å². The molecule has 228 valence electrons. The minimum absolute atomic E-state index is 0.0106. The van der Waals surface area contributed by atoms with Crippen LogP contribution in [0.2, 0.25) is 0 Å². The number of nitrogens with zero attached hydrogens (tertiary/aromatic N) is 1. The predicted octanol–water partition coefficient (Wildman–Crippen LogP) is 10.7. The summed E-state index contributed by atoms with van der Waals surface area (Å²) in [6.07, 6.45) is 0. The summed E-state index contributed by atoms with van der Waals surface area (Å²) in [7, 11) is 0. The molecule has 0 aliphatic rings. The molecule has 0 spiro atoms. The van der Waals surface area contributed by atoms with E-state index < -0.39 is 0 Å². The Balaban J connectivity index is 1.09. The van der Waals surface area contributed by atoms with Crippen LogP contribution in [0.25, 0.3) is 32.3 Å². The molecule has 0 heterocycles.